The molecule has 0 spiro atoms. The number of aryl methyl sites for hydroxylation is 2. The predicted octanol–water partition coefficient (Wildman–Crippen LogP) is 0.935. The van der Waals surface area contributed by atoms with E-state index in [0.717, 1.165) is 17.7 Å². The molecule has 1 aromatic heterocycles. The SMILES string of the molecule is CCOC(=O)CC(N)c1cn(C)nc1CC. The number of ether oxygens (including phenoxy) is 1. The molecule has 0 radical (unpaired) electrons. The summed E-state index contributed by atoms with van der Waals surface area (Å²) in [5, 5.41) is 4.29. The first-order chi connectivity index (χ1) is 7.58. The first-order valence-electron chi connectivity index (χ1n) is 5.52. The highest BCUT2D eigenvalue weighted by atomic mass is 16.5. The van der Waals surface area contributed by atoms with Gasteiger partial charge in [-0.15, -0.1) is 0 Å². The summed E-state index contributed by atoms with van der Waals surface area (Å²) < 4.78 is 6.59. The highest BCUT2D eigenvalue weighted by molar-refractivity contribution is 5.70. The lowest BCUT2D eigenvalue weighted by Crippen LogP contribution is -2.18. The molecule has 1 rings (SSSR count). The van der Waals surface area contributed by atoms with Crippen molar-refractivity contribution in [3.05, 3.63) is 17.5 Å². The van der Waals surface area contributed by atoms with Gasteiger partial charge >= 0.3 is 5.97 Å². The Kier molecular flexibility index (Phi) is 4.49. The normalized spacial score (nSPS) is 12.5. The number of hydrogen-bond acceptors (Lipinski definition) is 4. The van der Waals surface area contributed by atoms with Gasteiger partial charge in [-0.1, -0.05) is 6.92 Å². The van der Waals surface area contributed by atoms with E-state index in [4.69, 9.17) is 10.5 Å². The van der Waals surface area contributed by atoms with Gasteiger partial charge in [-0.3, -0.25) is 9.48 Å². The monoisotopic (exact) mass is 225 g/mol. The van der Waals surface area contributed by atoms with Crippen LogP contribution in [-0.2, 0) is 23.0 Å². The van der Waals surface area contributed by atoms with Crippen molar-refractivity contribution in [2.24, 2.45) is 12.8 Å². The number of nitrogens with zero attached hydrogens (tertiary/aromatic N) is 2. The number of hydrogen-bond donors (Lipinski definition) is 1. The van der Waals surface area contributed by atoms with Crippen molar-refractivity contribution in [1.82, 2.24) is 9.78 Å². The molecule has 16 heavy (non-hydrogen) atoms. The number of rotatable bonds is 5. The first kappa shape index (κ1) is 12.7. The van der Waals surface area contributed by atoms with Crippen LogP contribution in [-0.4, -0.2) is 22.4 Å². The van der Waals surface area contributed by atoms with Gasteiger partial charge in [0.05, 0.1) is 18.7 Å². The molecular formula is C11H19N3O2. The van der Waals surface area contributed by atoms with Crippen LogP contribution in [0.2, 0.25) is 0 Å². The third kappa shape index (κ3) is 3.06. The Morgan fingerprint density at radius 3 is 2.88 bits per heavy atom. The van der Waals surface area contributed by atoms with Gasteiger partial charge in [-0.25, -0.2) is 0 Å². The molecule has 5 nitrogen and oxygen atoms in total. The molecule has 0 bridgehead atoms. The number of carbonyl (C=O) groups excluding carboxylic acids is 1. The van der Waals surface area contributed by atoms with E-state index in [1.807, 2.05) is 20.2 Å². The minimum Gasteiger partial charge on any atom is -0.466 e. The predicted molar refractivity (Wildman–Crippen MR) is 60.8 cm³/mol. The van der Waals surface area contributed by atoms with Crippen molar-refractivity contribution in [2.45, 2.75) is 32.7 Å². The van der Waals surface area contributed by atoms with Crippen molar-refractivity contribution in [3.8, 4) is 0 Å². The van der Waals surface area contributed by atoms with Crippen LogP contribution in [0.5, 0.6) is 0 Å². The van der Waals surface area contributed by atoms with Crippen LogP contribution < -0.4 is 5.73 Å². The summed E-state index contributed by atoms with van der Waals surface area (Å²) in [5.74, 6) is -0.263. The van der Waals surface area contributed by atoms with Crippen LogP contribution in [0.4, 0.5) is 0 Å². The average Bonchev–Trinajstić information content (AvgIpc) is 2.59. The van der Waals surface area contributed by atoms with Gasteiger partial charge < -0.3 is 10.5 Å². The third-order valence-electron chi connectivity index (χ3n) is 2.36. The summed E-state index contributed by atoms with van der Waals surface area (Å²) in [6.45, 7) is 4.19. The number of nitrogens with two attached hydrogens (primary N) is 1. The van der Waals surface area contributed by atoms with Gasteiger partial charge in [0, 0.05) is 24.8 Å². The standard InChI is InChI=1S/C11H19N3O2/c1-4-10-8(7-14(3)13-10)9(12)6-11(15)16-5-2/h7,9H,4-6,12H2,1-3H3. The van der Waals surface area contributed by atoms with Crippen molar-refractivity contribution in [3.63, 3.8) is 0 Å². The number of esters is 1. The molecule has 0 saturated heterocycles. The Hall–Kier alpha value is -1.36. The van der Waals surface area contributed by atoms with Gasteiger partial charge in [0.15, 0.2) is 0 Å². The fraction of sp³-hybridized carbons (Fsp3) is 0.636. The average molecular weight is 225 g/mol. The summed E-state index contributed by atoms with van der Waals surface area (Å²) in [6.07, 6.45) is 2.88. The molecule has 90 valence electrons. The largest absolute Gasteiger partial charge is 0.466 e. The highest BCUT2D eigenvalue weighted by Gasteiger charge is 2.17. The second kappa shape index (κ2) is 5.65. The van der Waals surface area contributed by atoms with E-state index in [1.54, 1.807) is 11.6 Å². The Balaban J connectivity index is 2.71. The molecule has 0 fully saturated rings. The zero-order valence-corrected chi connectivity index (χ0v) is 10.1. The first-order valence-corrected chi connectivity index (χ1v) is 5.52. The van der Waals surface area contributed by atoms with E-state index in [-0.39, 0.29) is 18.4 Å². The van der Waals surface area contributed by atoms with Crippen LogP contribution in [0.25, 0.3) is 0 Å². The fourth-order valence-electron chi connectivity index (χ4n) is 1.65. The Morgan fingerprint density at radius 2 is 2.31 bits per heavy atom. The van der Waals surface area contributed by atoms with Crippen LogP contribution in [0.3, 0.4) is 0 Å². The maximum absolute atomic E-state index is 11.3. The molecule has 0 amide bonds. The molecular weight excluding hydrogens is 206 g/mol. The lowest BCUT2D eigenvalue weighted by atomic mass is 10.0. The number of aromatic nitrogens is 2. The molecule has 0 aliphatic carbocycles. The lowest BCUT2D eigenvalue weighted by Gasteiger charge is -2.10. The van der Waals surface area contributed by atoms with E-state index in [2.05, 4.69) is 5.10 Å². The molecule has 0 aromatic carbocycles. The Morgan fingerprint density at radius 1 is 1.62 bits per heavy atom. The molecule has 2 N–H and O–H groups in total. The van der Waals surface area contributed by atoms with E-state index >= 15 is 0 Å². The number of carbonyl (C=O) groups is 1. The fourth-order valence-corrected chi connectivity index (χ4v) is 1.65. The minimum absolute atomic E-state index is 0.201. The molecule has 1 aromatic rings. The Labute approximate surface area is 95.6 Å². The summed E-state index contributed by atoms with van der Waals surface area (Å²) in [5.41, 5.74) is 7.83. The zero-order valence-electron chi connectivity index (χ0n) is 10.1. The van der Waals surface area contributed by atoms with E-state index < -0.39 is 0 Å². The van der Waals surface area contributed by atoms with Crippen LogP contribution in [0, 0.1) is 0 Å². The smallest absolute Gasteiger partial charge is 0.307 e. The molecule has 0 aliphatic rings. The summed E-state index contributed by atoms with van der Waals surface area (Å²) in [6, 6.07) is -0.331. The zero-order chi connectivity index (χ0) is 12.1. The van der Waals surface area contributed by atoms with Gasteiger partial charge in [-0.2, -0.15) is 5.10 Å². The lowest BCUT2D eigenvalue weighted by molar-refractivity contribution is -0.143. The second-order valence-electron chi connectivity index (χ2n) is 3.67. The third-order valence-corrected chi connectivity index (χ3v) is 2.36. The summed E-state index contributed by atoms with van der Waals surface area (Å²) in [4.78, 5) is 11.3. The van der Waals surface area contributed by atoms with Gasteiger partial charge in [0.25, 0.3) is 0 Å². The van der Waals surface area contributed by atoms with Crippen molar-refractivity contribution < 1.29 is 9.53 Å². The molecule has 0 saturated carbocycles. The molecule has 1 heterocycles. The molecule has 0 aliphatic heterocycles. The molecule has 5 heteroatoms. The van der Waals surface area contributed by atoms with Crippen LogP contribution >= 0.6 is 0 Å². The van der Waals surface area contributed by atoms with Crippen molar-refractivity contribution in [1.29, 1.82) is 0 Å². The van der Waals surface area contributed by atoms with Gasteiger partial charge in [-0.05, 0) is 13.3 Å². The van der Waals surface area contributed by atoms with Crippen molar-refractivity contribution >= 4 is 5.97 Å². The van der Waals surface area contributed by atoms with E-state index in [9.17, 15) is 4.79 Å². The van der Waals surface area contributed by atoms with Gasteiger partial charge in [0.2, 0.25) is 0 Å². The maximum Gasteiger partial charge on any atom is 0.307 e. The van der Waals surface area contributed by atoms with E-state index in [0.29, 0.717) is 6.61 Å². The maximum atomic E-state index is 11.3. The van der Waals surface area contributed by atoms with Crippen LogP contribution in [0.1, 0.15) is 37.6 Å². The van der Waals surface area contributed by atoms with E-state index in [1.165, 1.54) is 0 Å². The molecule has 1 unspecified atom stereocenters. The summed E-state index contributed by atoms with van der Waals surface area (Å²) >= 11 is 0. The highest BCUT2D eigenvalue weighted by Crippen LogP contribution is 2.18. The Bertz CT molecular complexity index is 360. The molecule has 1 atom stereocenters. The second-order valence-corrected chi connectivity index (χ2v) is 3.67. The minimum atomic E-state index is -0.331. The van der Waals surface area contributed by atoms with Crippen molar-refractivity contribution in [2.75, 3.05) is 6.61 Å². The van der Waals surface area contributed by atoms with Gasteiger partial charge in [0.1, 0.15) is 0 Å². The summed E-state index contributed by atoms with van der Waals surface area (Å²) in [7, 11) is 1.85. The van der Waals surface area contributed by atoms with Crippen LogP contribution in [0.15, 0.2) is 6.20 Å². The topological polar surface area (TPSA) is 70.1 Å². The quantitative estimate of drug-likeness (QED) is 0.757.